The number of hydrogen-bond acceptors (Lipinski definition) is 5. The molecule has 0 bridgehead atoms. The number of nitrogens with one attached hydrogen (secondary N) is 1. The normalized spacial score (nSPS) is 10.2. The monoisotopic (exact) mass is 281 g/mol. The summed E-state index contributed by atoms with van der Waals surface area (Å²) in [5.74, 6) is 0.469. The van der Waals surface area contributed by atoms with Gasteiger partial charge >= 0.3 is 5.69 Å². The fourth-order valence-electron chi connectivity index (χ4n) is 1.91. The van der Waals surface area contributed by atoms with Crippen molar-refractivity contribution >= 4 is 17.0 Å². The van der Waals surface area contributed by atoms with Crippen molar-refractivity contribution in [2.24, 2.45) is 7.05 Å². The number of rotatable bonds is 5. The van der Waals surface area contributed by atoms with Crippen LogP contribution in [0, 0.1) is 0 Å². The summed E-state index contributed by atoms with van der Waals surface area (Å²) in [6.07, 6.45) is 2.50. The quantitative estimate of drug-likeness (QED) is 0.853. The van der Waals surface area contributed by atoms with Crippen LogP contribution in [-0.4, -0.2) is 37.4 Å². The summed E-state index contributed by atoms with van der Waals surface area (Å²) in [6.45, 7) is 6.93. The lowest BCUT2D eigenvalue weighted by molar-refractivity contribution is 0.311. The van der Waals surface area contributed by atoms with E-state index in [1.165, 1.54) is 0 Å². The van der Waals surface area contributed by atoms with Crippen LogP contribution in [0.3, 0.4) is 0 Å². The lowest BCUT2D eigenvalue weighted by Gasteiger charge is -2.09. The number of aromatic nitrogens is 4. The lowest BCUT2D eigenvalue weighted by atomic mass is 10.4. The van der Waals surface area contributed by atoms with Gasteiger partial charge in [-0.05, 0) is 6.42 Å². The van der Waals surface area contributed by atoms with E-state index in [-0.39, 0.29) is 12.3 Å². The van der Waals surface area contributed by atoms with Crippen molar-refractivity contribution in [3.63, 3.8) is 0 Å². The number of aliphatic hydroxyl groups is 1. The van der Waals surface area contributed by atoms with E-state index in [0.717, 1.165) is 11.9 Å². The molecule has 0 aliphatic rings. The number of hydrogen-bond donors (Lipinski definition) is 2. The van der Waals surface area contributed by atoms with Gasteiger partial charge in [0.25, 0.3) is 0 Å². The molecule has 2 heterocycles. The summed E-state index contributed by atoms with van der Waals surface area (Å²) in [4.78, 5) is 20.2. The summed E-state index contributed by atoms with van der Waals surface area (Å²) in [7, 11) is 1.85. The van der Waals surface area contributed by atoms with Gasteiger partial charge in [-0.15, -0.1) is 0 Å². The largest absolute Gasteiger partial charge is 0.395 e. The highest BCUT2D eigenvalue weighted by Crippen LogP contribution is 2.17. The average Bonchev–Trinajstić information content (AvgIpc) is 2.84. The topological polar surface area (TPSA) is 85.0 Å². The third-order valence-electron chi connectivity index (χ3n) is 2.69. The molecule has 0 aromatic carbocycles. The first-order chi connectivity index (χ1) is 9.69. The molecule has 7 heteroatoms. The Kier molecular flexibility index (Phi) is 6.17. The smallest absolute Gasteiger partial charge is 0.351 e. The average molecular weight is 281 g/mol. The molecular formula is C13H23N5O2. The van der Waals surface area contributed by atoms with Crippen LogP contribution < -0.4 is 11.0 Å². The van der Waals surface area contributed by atoms with Crippen LogP contribution >= 0.6 is 0 Å². The molecule has 0 fully saturated rings. The van der Waals surface area contributed by atoms with E-state index >= 15 is 0 Å². The van der Waals surface area contributed by atoms with Crippen molar-refractivity contribution in [3.8, 4) is 0 Å². The first-order valence-electron chi connectivity index (χ1n) is 6.95. The van der Waals surface area contributed by atoms with Crippen LogP contribution in [0.25, 0.3) is 11.2 Å². The van der Waals surface area contributed by atoms with E-state index in [4.69, 9.17) is 5.11 Å². The van der Waals surface area contributed by atoms with Crippen LogP contribution in [0.2, 0.25) is 0 Å². The maximum Gasteiger partial charge on any atom is 0.351 e. The Balaban J connectivity index is 0.000000956. The molecule has 0 saturated carbocycles. The standard InChI is InChI=1S/C11H17N5O2.C2H6/c1-3-5-16-10-8(15(2)7-13-10)9(12-4-6-17)14-11(16)18;1-2/h7,17H,3-6H2,1-2H3,(H,12,14,18);1-2H3. The zero-order valence-corrected chi connectivity index (χ0v) is 12.6. The Bertz CT molecular complexity index is 603. The van der Waals surface area contributed by atoms with E-state index in [2.05, 4.69) is 15.3 Å². The van der Waals surface area contributed by atoms with Crippen LogP contribution in [0.4, 0.5) is 5.82 Å². The summed E-state index contributed by atoms with van der Waals surface area (Å²) in [5.41, 5.74) is 1.08. The third-order valence-corrected chi connectivity index (χ3v) is 2.69. The number of anilines is 1. The summed E-state index contributed by atoms with van der Waals surface area (Å²) >= 11 is 0. The molecule has 112 valence electrons. The van der Waals surface area contributed by atoms with Gasteiger partial charge in [-0.25, -0.2) is 9.78 Å². The molecule has 0 aliphatic heterocycles. The van der Waals surface area contributed by atoms with Gasteiger partial charge in [0.15, 0.2) is 11.5 Å². The maximum absolute atomic E-state index is 11.9. The maximum atomic E-state index is 11.9. The molecule has 0 radical (unpaired) electrons. The number of aryl methyl sites for hydroxylation is 2. The zero-order chi connectivity index (χ0) is 15.1. The van der Waals surface area contributed by atoms with Crippen LogP contribution in [0.1, 0.15) is 27.2 Å². The minimum atomic E-state index is -0.316. The second-order valence-electron chi connectivity index (χ2n) is 4.07. The van der Waals surface area contributed by atoms with Gasteiger partial charge < -0.3 is 15.0 Å². The summed E-state index contributed by atoms with van der Waals surface area (Å²) in [6, 6.07) is 0. The fraction of sp³-hybridized carbons (Fsp3) is 0.615. The Hall–Kier alpha value is -1.89. The number of fused-ring (bicyclic) bond motifs is 1. The SMILES string of the molecule is CC.CCCn1c(=O)nc(NCCO)c2c1ncn2C. The number of nitrogens with zero attached hydrogens (tertiary/aromatic N) is 4. The molecule has 7 nitrogen and oxygen atoms in total. The first kappa shape index (κ1) is 16.2. The third kappa shape index (κ3) is 3.16. The van der Waals surface area contributed by atoms with Crippen molar-refractivity contribution in [3.05, 3.63) is 16.8 Å². The molecule has 2 aromatic heterocycles. The number of aliphatic hydroxyl groups excluding tert-OH is 1. The van der Waals surface area contributed by atoms with Crippen molar-refractivity contribution in [2.45, 2.75) is 33.7 Å². The van der Waals surface area contributed by atoms with Gasteiger partial charge in [0.2, 0.25) is 0 Å². The minimum Gasteiger partial charge on any atom is -0.395 e. The van der Waals surface area contributed by atoms with Crippen LogP contribution in [-0.2, 0) is 13.6 Å². The minimum absolute atomic E-state index is 0.0148. The molecule has 0 saturated heterocycles. The molecule has 0 amide bonds. The van der Waals surface area contributed by atoms with Crippen molar-refractivity contribution in [1.29, 1.82) is 0 Å². The highest BCUT2D eigenvalue weighted by atomic mass is 16.3. The van der Waals surface area contributed by atoms with E-state index in [0.29, 0.717) is 24.6 Å². The Morgan fingerprint density at radius 3 is 2.70 bits per heavy atom. The van der Waals surface area contributed by atoms with Gasteiger partial charge in [0, 0.05) is 20.1 Å². The lowest BCUT2D eigenvalue weighted by Crippen LogP contribution is -2.25. The first-order valence-corrected chi connectivity index (χ1v) is 6.95. The van der Waals surface area contributed by atoms with Crippen molar-refractivity contribution in [2.75, 3.05) is 18.5 Å². The predicted octanol–water partition coefficient (Wildman–Crippen LogP) is 0.970. The molecule has 0 atom stereocenters. The molecule has 2 N–H and O–H groups in total. The fourth-order valence-corrected chi connectivity index (χ4v) is 1.91. The van der Waals surface area contributed by atoms with E-state index in [1.807, 2.05) is 32.4 Å². The highest BCUT2D eigenvalue weighted by molar-refractivity contribution is 5.83. The molecule has 0 unspecified atom stereocenters. The van der Waals surface area contributed by atoms with Gasteiger partial charge in [0.05, 0.1) is 12.9 Å². The molecular weight excluding hydrogens is 258 g/mol. The highest BCUT2D eigenvalue weighted by Gasteiger charge is 2.13. The molecule has 2 rings (SSSR count). The Labute approximate surface area is 118 Å². The number of imidazole rings is 1. The second-order valence-corrected chi connectivity index (χ2v) is 4.07. The molecule has 20 heavy (non-hydrogen) atoms. The molecule has 2 aromatic rings. The second kappa shape index (κ2) is 7.64. The van der Waals surface area contributed by atoms with Gasteiger partial charge in [-0.2, -0.15) is 4.98 Å². The molecule has 0 aliphatic carbocycles. The van der Waals surface area contributed by atoms with Gasteiger partial charge in [-0.1, -0.05) is 20.8 Å². The van der Waals surface area contributed by atoms with Crippen LogP contribution in [0.5, 0.6) is 0 Å². The van der Waals surface area contributed by atoms with E-state index in [9.17, 15) is 4.79 Å². The van der Waals surface area contributed by atoms with E-state index in [1.54, 1.807) is 10.9 Å². The Morgan fingerprint density at radius 2 is 2.10 bits per heavy atom. The summed E-state index contributed by atoms with van der Waals surface area (Å²) < 4.78 is 3.38. The predicted molar refractivity (Wildman–Crippen MR) is 80.0 cm³/mol. The van der Waals surface area contributed by atoms with Gasteiger partial charge in [0.1, 0.15) is 5.52 Å². The Morgan fingerprint density at radius 1 is 1.40 bits per heavy atom. The summed E-state index contributed by atoms with van der Waals surface area (Å²) in [5, 5.41) is 11.8. The molecule has 0 spiro atoms. The van der Waals surface area contributed by atoms with Crippen molar-refractivity contribution in [1.82, 2.24) is 19.1 Å². The zero-order valence-electron chi connectivity index (χ0n) is 12.6. The van der Waals surface area contributed by atoms with Crippen LogP contribution in [0.15, 0.2) is 11.1 Å². The van der Waals surface area contributed by atoms with Gasteiger partial charge in [-0.3, -0.25) is 4.57 Å². The van der Waals surface area contributed by atoms with E-state index < -0.39 is 0 Å². The van der Waals surface area contributed by atoms with Crippen molar-refractivity contribution < 1.29 is 5.11 Å².